The van der Waals surface area contributed by atoms with Crippen LogP contribution in [0.25, 0.3) is 0 Å². The lowest BCUT2D eigenvalue weighted by atomic mass is 9.57. The fraction of sp³-hybridized carbons (Fsp3) is 0.611. The molecule has 0 aliphatic carbocycles. The molecular formula is C18H23N3O2. The molecule has 4 saturated heterocycles. The number of anilines is 1. The highest BCUT2D eigenvalue weighted by Gasteiger charge is 2.71. The second-order valence-corrected chi connectivity index (χ2v) is 8.16. The van der Waals surface area contributed by atoms with Crippen molar-refractivity contribution < 1.29 is 9.90 Å². The van der Waals surface area contributed by atoms with E-state index in [0.29, 0.717) is 0 Å². The topological polar surface area (TPSA) is 55.8 Å². The van der Waals surface area contributed by atoms with Gasteiger partial charge < -0.3 is 10.4 Å². The van der Waals surface area contributed by atoms with Gasteiger partial charge in [-0.2, -0.15) is 0 Å². The Kier molecular flexibility index (Phi) is 2.41. The molecule has 0 radical (unpaired) electrons. The van der Waals surface area contributed by atoms with Crippen LogP contribution in [0.3, 0.4) is 0 Å². The van der Waals surface area contributed by atoms with Crippen LogP contribution < -0.4 is 5.32 Å². The van der Waals surface area contributed by atoms with E-state index in [-0.39, 0.29) is 22.8 Å². The number of benzene rings is 1. The number of aliphatic hydroxyl groups excluding tert-OH is 1. The van der Waals surface area contributed by atoms with Gasteiger partial charge in [0.25, 0.3) is 5.91 Å². The highest BCUT2D eigenvalue weighted by molar-refractivity contribution is 6.05. The average molecular weight is 313 g/mol. The van der Waals surface area contributed by atoms with Crippen molar-refractivity contribution in [3.63, 3.8) is 0 Å². The molecule has 6 rings (SSSR count). The molecule has 1 spiro atoms. The maximum Gasteiger partial charge on any atom is 0.264 e. The van der Waals surface area contributed by atoms with Crippen LogP contribution in [0.4, 0.5) is 5.69 Å². The van der Waals surface area contributed by atoms with Crippen LogP contribution in [0.2, 0.25) is 0 Å². The lowest BCUT2D eigenvalue weighted by Crippen LogP contribution is -2.84. The summed E-state index contributed by atoms with van der Waals surface area (Å²) in [4.78, 5) is 17.7. The van der Waals surface area contributed by atoms with E-state index in [1.54, 1.807) is 0 Å². The largest absolute Gasteiger partial charge is 0.392 e. The summed E-state index contributed by atoms with van der Waals surface area (Å²) in [5.41, 5.74) is 1.06. The van der Waals surface area contributed by atoms with E-state index in [4.69, 9.17) is 0 Å². The zero-order chi connectivity index (χ0) is 16.0. The van der Waals surface area contributed by atoms with Gasteiger partial charge in [-0.3, -0.25) is 14.6 Å². The van der Waals surface area contributed by atoms with Crippen LogP contribution in [-0.2, 0) is 10.5 Å². The minimum atomic E-state index is -0.672. The van der Waals surface area contributed by atoms with Gasteiger partial charge in [0.2, 0.25) is 0 Å². The number of aliphatic hydroxyl groups is 1. The number of amides is 1. The minimum Gasteiger partial charge on any atom is -0.392 e. The molecule has 2 unspecified atom stereocenters. The van der Waals surface area contributed by atoms with Crippen LogP contribution in [0, 0.1) is 10.8 Å². The number of hydrogen-bond donors (Lipinski definition) is 2. The van der Waals surface area contributed by atoms with E-state index in [1.165, 1.54) is 0 Å². The van der Waals surface area contributed by atoms with Gasteiger partial charge >= 0.3 is 0 Å². The SMILES string of the molecule is CCC12CN3CC(C)(CN(C1)C31C(=O)Nc3ccccc31)[C@@H]2O. The number of nitrogens with zero attached hydrogens (tertiary/aromatic N) is 2. The van der Waals surface area contributed by atoms with Gasteiger partial charge in [-0.1, -0.05) is 32.0 Å². The predicted molar refractivity (Wildman–Crippen MR) is 86.7 cm³/mol. The van der Waals surface area contributed by atoms with E-state index in [9.17, 15) is 9.90 Å². The van der Waals surface area contributed by atoms with Crippen LogP contribution in [0.15, 0.2) is 24.3 Å². The summed E-state index contributed by atoms with van der Waals surface area (Å²) in [7, 11) is 0. The number of hydrogen-bond acceptors (Lipinski definition) is 4. The molecule has 1 amide bonds. The summed E-state index contributed by atoms with van der Waals surface area (Å²) in [5.74, 6) is 0.0712. The molecular weight excluding hydrogens is 290 g/mol. The Morgan fingerprint density at radius 2 is 1.87 bits per heavy atom. The van der Waals surface area contributed by atoms with Gasteiger partial charge in [0, 0.05) is 48.3 Å². The molecule has 0 aromatic heterocycles. The van der Waals surface area contributed by atoms with Crippen molar-refractivity contribution in [1.29, 1.82) is 0 Å². The molecule has 5 heteroatoms. The maximum absolute atomic E-state index is 13.1. The van der Waals surface area contributed by atoms with E-state index in [0.717, 1.165) is 43.9 Å². The molecule has 0 saturated carbocycles. The molecule has 2 N–H and O–H groups in total. The molecule has 1 aromatic rings. The first kappa shape index (κ1) is 14.0. The van der Waals surface area contributed by atoms with Crippen LogP contribution in [0.1, 0.15) is 25.8 Å². The minimum absolute atomic E-state index is 0.0712. The van der Waals surface area contributed by atoms with Crippen molar-refractivity contribution >= 4 is 11.6 Å². The third kappa shape index (κ3) is 1.35. The van der Waals surface area contributed by atoms with Gasteiger partial charge in [0.15, 0.2) is 5.66 Å². The number of carbonyl (C=O) groups excluding carboxylic acids is 1. The first-order valence-corrected chi connectivity index (χ1v) is 8.55. The zero-order valence-electron chi connectivity index (χ0n) is 13.7. The number of nitrogens with one attached hydrogen (secondary N) is 1. The first-order chi connectivity index (χ1) is 11.0. The predicted octanol–water partition coefficient (Wildman–Crippen LogP) is 1.20. The lowest BCUT2D eigenvalue weighted by Gasteiger charge is -2.71. The Morgan fingerprint density at radius 3 is 2.52 bits per heavy atom. The quantitative estimate of drug-likeness (QED) is 0.818. The molecule has 1 aromatic carbocycles. The molecule has 5 heterocycles. The molecule has 4 fully saturated rings. The molecule has 3 atom stereocenters. The normalized spacial score (nSPS) is 49.5. The standard InChI is InChI=1S/C18H23N3O2/c1-3-17-10-20-8-16(2,14(17)22)9-21(11-17)18(20)12-6-4-5-7-13(12)19-15(18)23/h4-7,14,22H,3,8-11H2,1-2H3,(H,19,23)/t14-,16?,17?,18?/m0/s1. The molecule has 122 valence electrons. The Labute approximate surface area is 136 Å². The number of para-hydroxylation sites is 1. The number of rotatable bonds is 1. The summed E-state index contributed by atoms with van der Waals surface area (Å²) in [6.07, 6.45) is 0.653. The molecule has 5 nitrogen and oxygen atoms in total. The second-order valence-electron chi connectivity index (χ2n) is 8.16. The fourth-order valence-electron chi connectivity index (χ4n) is 5.86. The summed E-state index contributed by atoms with van der Waals surface area (Å²) < 4.78 is 0. The molecule has 23 heavy (non-hydrogen) atoms. The van der Waals surface area contributed by atoms with Crippen molar-refractivity contribution in [2.24, 2.45) is 10.8 Å². The van der Waals surface area contributed by atoms with Crippen molar-refractivity contribution in [3.8, 4) is 0 Å². The van der Waals surface area contributed by atoms with Gasteiger partial charge in [0.1, 0.15) is 0 Å². The van der Waals surface area contributed by atoms with E-state index < -0.39 is 5.66 Å². The summed E-state index contributed by atoms with van der Waals surface area (Å²) in [6, 6.07) is 8.05. The van der Waals surface area contributed by atoms with Crippen LogP contribution >= 0.6 is 0 Å². The monoisotopic (exact) mass is 313 g/mol. The van der Waals surface area contributed by atoms with E-state index >= 15 is 0 Å². The van der Waals surface area contributed by atoms with Crippen LogP contribution in [-0.4, -0.2) is 53.1 Å². The van der Waals surface area contributed by atoms with Gasteiger partial charge in [-0.25, -0.2) is 0 Å². The molecule has 4 bridgehead atoms. The van der Waals surface area contributed by atoms with Crippen molar-refractivity contribution in [2.75, 3.05) is 31.5 Å². The molecule has 5 aliphatic rings. The molecule has 5 aliphatic heterocycles. The van der Waals surface area contributed by atoms with Crippen LogP contribution in [0.5, 0.6) is 0 Å². The summed E-state index contributed by atoms with van der Waals surface area (Å²) in [6.45, 7) is 7.46. The number of piperidine rings is 2. The Bertz CT molecular complexity index is 700. The lowest BCUT2D eigenvalue weighted by molar-refractivity contribution is -0.286. The summed E-state index contributed by atoms with van der Waals surface area (Å²) >= 11 is 0. The zero-order valence-corrected chi connectivity index (χ0v) is 13.7. The maximum atomic E-state index is 13.1. The third-order valence-corrected chi connectivity index (χ3v) is 6.84. The van der Waals surface area contributed by atoms with Gasteiger partial charge in [0.05, 0.1) is 6.10 Å². The Hall–Kier alpha value is -1.43. The van der Waals surface area contributed by atoms with Gasteiger partial charge in [-0.05, 0) is 12.5 Å². The van der Waals surface area contributed by atoms with Crippen molar-refractivity contribution in [1.82, 2.24) is 9.80 Å². The fourth-order valence-corrected chi connectivity index (χ4v) is 5.86. The Morgan fingerprint density at radius 1 is 1.22 bits per heavy atom. The number of carbonyl (C=O) groups is 1. The highest BCUT2D eigenvalue weighted by atomic mass is 16.3. The average Bonchev–Trinajstić information content (AvgIpc) is 2.81. The Balaban J connectivity index is 1.71. The number of fused-ring (bicyclic) bond motifs is 1. The second kappa shape index (κ2) is 3.97. The highest BCUT2D eigenvalue weighted by Crippen LogP contribution is 2.60. The van der Waals surface area contributed by atoms with Crippen molar-refractivity contribution in [2.45, 2.75) is 32.0 Å². The first-order valence-electron chi connectivity index (χ1n) is 8.55. The van der Waals surface area contributed by atoms with Crippen molar-refractivity contribution in [3.05, 3.63) is 29.8 Å². The van der Waals surface area contributed by atoms with E-state index in [1.807, 2.05) is 18.2 Å². The summed E-state index contributed by atoms with van der Waals surface area (Å²) in [5, 5.41) is 14.1. The van der Waals surface area contributed by atoms with Gasteiger partial charge in [-0.15, -0.1) is 0 Å². The van der Waals surface area contributed by atoms with E-state index in [2.05, 4.69) is 35.0 Å². The third-order valence-electron chi connectivity index (χ3n) is 6.84. The smallest absolute Gasteiger partial charge is 0.264 e.